The maximum absolute atomic E-state index is 12.4. The van der Waals surface area contributed by atoms with E-state index in [4.69, 9.17) is 15.2 Å². The molecule has 1 aromatic carbocycles. The summed E-state index contributed by atoms with van der Waals surface area (Å²) in [5.41, 5.74) is 7.09. The highest BCUT2D eigenvalue weighted by Gasteiger charge is 2.14. The van der Waals surface area contributed by atoms with Gasteiger partial charge in [0.2, 0.25) is 5.88 Å². The summed E-state index contributed by atoms with van der Waals surface area (Å²) in [6.45, 7) is 5.46. The fourth-order valence-electron chi connectivity index (χ4n) is 2.23. The number of rotatable bonds is 6. The molecule has 0 atom stereocenters. The fraction of sp³-hybridized carbons (Fsp3) is 0.278. The van der Waals surface area contributed by atoms with Crippen LogP contribution in [0.25, 0.3) is 0 Å². The first-order chi connectivity index (χ1) is 11.8. The molecule has 1 aromatic heterocycles. The van der Waals surface area contributed by atoms with E-state index >= 15 is 0 Å². The van der Waals surface area contributed by atoms with Crippen LogP contribution in [0.3, 0.4) is 0 Å². The summed E-state index contributed by atoms with van der Waals surface area (Å²) >= 11 is 0. The number of anilines is 1. The Balaban J connectivity index is 2.28. The van der Waals surface area contributed by atoms with Crippen molar-refractivity contribution in [3.8, 4) is 11.6 Å². The molecule has 3 N–H and O–H groups in total. The maximum atomic E-state index is 12.4. The van der Waals surface area contributed by atoms with Crippen molar-refractivity contribution >= 4 is 17.5 Å². The number of nitrogens with zero attached hydrogens (tertiary/aromatic N) is 1. The number of carbonyl (C=O) groups excluding carboxylic acids is 2. The molecule has 2 amide bonds. The van der Waals surface area contributed by atoms with Crippen LogP contribution < -0.4 is 20.5 Å². The largest absolute Gasteiger partial charge is 0.490 e. The van der Waals surface area contributed by atoms with Gasteiger partial charge in [0.15, 0.2) is 0 Å². The molecule has 2 aromatic rings. The molecule has 1 heterocycles. The van der Waals surface area contributed by atoms with Crippen LogP contribution in [-0.2, 0) is 0 Å². The van der Waals surface area contributed by atoms with Gasteiger partial charge >= 0.3 is 0 Å². The second kappa shape index (κ2) is 7.65. The molecule has 7 nitrogen and oxygen atoms in total. The first kappa shape index (κ1) is 18.3. The zero-order valence-corrected chi connectivity index (χ0v) is 14.6. The summed E-state index contributed by atoms with van der Waals surface area (Å²) in [4.78, 5) is 28.2. The SMILES string of the molecule is COc1cc(C(=O)Nc2ccc(OC(C)C)c(C(N)=O)c2)cc(C)n1. The zero-order valence-electron chi connectivity index (χ0n) is 14.6. The minimum Gasteiger partial charge on any atom is -0.490 e. The van der Waals surface area contributed by atoms with Crippen LogP contribution in [0.15, 0.2) is 30.3 Å². The van der Waals surface area contributed by atoms with E-state index in [1.807, 2.05) is 13.8 Å². The predicted molar refractivity (Wildman–Crippen MR) is 94.2 cm³/mol. The average Bonchev–Trinajstić information content (AvgIpc) is 2.54. The molecule has 0 saturated heterocycles. The molecule has 0 radical (unpaired) electrons. The van der Waals surface area contributed by atoms with Crippen LogP contribution in [0.2, 0.25) is 0 Å². The number of methoxy groups -OCH3 is 1. The van der Waals surface area contributed by atoms with Gasteiger partial charge in [-0.2, -0.15) is 0 Å². The molecule has 0 spiro atoms. The number of hydrogen-bond donors (Lipinski definition) is 2. The Hall–Kier alpha value is -3.09. The lowest BCUT2D eigenvalue weighted by Gasteiger charge is -2.14. The van der Waals surface area contributed by atoms with Crippen molar-refractivity contribution in [3.05, 3.63) is 47.2 Å². The topological polar surface area (TPSA) is 104 Å². The molecule has 0 fully saturated rings. The first-order valence-electron chi connectivity index (χ1n) is 7.74. The summed E-state index contributed by atoms with van der Waals surface area (Å²) < 4.78 is 10.6. The highest BCUT2D eigenvalue weighted by Crippen LogP contribution is 2.24. The highest BCUT2D eigenvalue weighted by molar-refractivity contribution is 6.05. The van der Waals surface area contributed by atoms with Gasteiger partial charge in [-0.3, -0.25) is 9.59 Å². The molecule has 7 heteroatoms. The maximum Gasteiger partial charge on any atom is 0.255 e. The Morgan fingerprint density at radius 2 is 1.92 bits per heavy atom. The number of amides is 2. The third kappa shape index (κ3) is 4.69. The van der Waals surface area contributed by atoms with Gasteiger partial charge < -0.3 is 20.5 Å². The third-order valence-corrected chi connectivity index (χ3v) is 3.27. The number of carbonyl (C=O) groups is 2. The Kier molecular flexibility index (Phi) is 5.59. The normalized spacial score (nSPS) is 10.4. The van der Waals surface area contributed by atoms with Crippen molar-refractivity contribution in [3.63, 3.8) is 0 Å². The fourth-order valence-corrected chi connectivity index (χ4v) is 2.23. The lowest BCUT2D eigenvalue weighted by Crippen LogP contribution is -2.17. The number of hydrogen-bond acceptors (Lipinski definition) is 5. The number of ether oxygens (including phenoxy) is 2. The number of pyridine rings is 1. The number of nitrogens with one attached hydrogen (secondary N) is 1. The van der Waals surface area contributed by atoms with Crippen LogP contribution in [0.4, 0.5) is 5.69 Å². The standard InChI is InChI=1S/C18H21N3O4/c1-10(2)25-15-6-5-13(9-14(15)17(19)22)21-18(23)12-7-11(3)20-16(8-12)24-4/h5-10H,1-4H3,(H2,19,22)(H,21,23). The quantitative estimate of drug-likeness (QED) is 0.839. The Morgan fingerprint density at radius 3 is 2.52 bits per heavy atom. The Morgan fingerprint density at radius 1 is 1.20 bits per heavy atom. The van der Waals surface area contributed by atoms with E-state index in [1.54, 1.807) is 25.1 Å². The van der Waals surface area contributed by atoms with E-state index in [2.05, 4.69) is 10.3 Å². The number of aromatic nitrogens is 1. The summed E-state index contributed by atoms with van der Waals surface area (Å²) in [5, 5.41) is 2.73. The smallest absolute Gasteiger partial charge is 0.255 e. The van der Waals surface area contributed by atoms with Gasteiger partial charge in [-0.1, -0.05) is 0 Å². The monoisotopic (exact) mass is 343 g/mol. The van der Waals surface area contributed by atoms with E-state index in [9.17, 15) is 9.59 Å². The van der Waals surface area contributed by atoms with Crippen molar-refractivity contribution in [2.75, 3.05) is 12.4 Å². The van der Waals surface area contributed by atoms with Crippen molar-refractivity contribution in [2.45, 2.75) is 26.9 Å². The van der Waals surface area contributed by atoms with Gasteiger partial charge in [0.1, 0.15) is 5.75 Å². The first-order valence-corrected chi connectivity index (χ1v) is 7.74. The van der Waals surface area contributed by atoms with Crippen LogP contribution in [-0.4, -0.2) is 30.0 Å². The minimum atomic E-state index is -0.631. The third-order valence-electron chi connectivity index (χ3n) is 3.27. The molecular weight excluding hydrogens is 322 g/mol. The number of aryl methyl sites for hydroxylation is 1. The van der Waals surface area contributed by atoms with E-state index in [-0.39, 0.29) is 17.6 Å². The van der Waals surface area contributed by atoms with Gasteiger partial charge in [-0.25, -0.2) is 4.98 Å². The zero-order chi connectivity index (χ0) is 18.6. The van der Waals surface area contributed by atoms with Crippen molar-refractivity contribution < 1.29 is 19.1 Å². The number of primary amides is 1. The van der Waals surface area contributed by atoms with Crippen molar-refractivity contribution in [1.82, 2.24) is 4.98 Å². The van der Waals surface area contributed by atoms with Crippen LogP contribution >= 0.6 is 0 Å². The summed E-state index contributed by atoms with van der Waals surface area (Å²) in [5.74, 6) is -0.254. The number of benzene rings is 1. The van der Waals surface area contributed by atoms with Crippen molar-refractivity contribution in [1.29, 1.82) is 0 Å². The van der Waals surface area contributed by atoms with E-state index in [1.165, 1.54) is 19.2 Å². The van der Waals surface area contributed by atoms with Gasteiger partial charge in [0, 0.05) is 23.0 Å². The van der Waals surface area contributed by atoms with Crippen LogP contribution in [0.1, 0.15) is 40.3 Å². The molecule has 0 saturated carbocycles. The van der Waals surface area contributed by atoms with E-state index in [0.717, 1.165) is 0 Å². The van der Waals surface area contributed by atoms with Crippen LogP contribution in [0, 0.1) is 6.92 Å². The van der Waals surface area contributed by atoms with Gasteiger partial charge in [-0.05, 0) is 45.0 Å². The molecule has 25 heavy (non-hydrogen) atoms. The van der Waals surface area contributed by atoms with Crippen LogP contribution in [0.5, 0.6) is 11.6 Å². The molecule has 132 valence electrons. The second-order valence-electron chi connectivity index (χ2n) is 5.74. The molecule has 0 aliphatic carbocycles. The summed E-state index contributed by atoms with van der Waals surface area (Å²) in [7, 11) is 1.48. The Bertz CT molecular complexity index is 803. The van der Waals surface area contributed by atoms with Gasteiger partial charge in [0.25, 0.3) is 11.8 Å². The molecule has 2 rings (SSSR count). The lowest BCUT2D eigenvalue weighted by molar-refractivity contribution is 0.0990. The van der Waals surface area contributed by atoms with E-state index < -0.39 is 5.91 Å². The molecule has 0 aliphatic rings. The highest BCUT2D eigenvalue weighted by atomic mass is 16.5. The second-order valence-corrected chi connectivity index (χ2v) is 5.74. The van der Waals surface area contributed by atoms with Gasteiger partial charge in [-0.15, -0.1) is 0 Å². The Labute approximate surface area is 146 Å². The molecule has 0 aliphatic heterocycles. The van der Waals surface area contributed by atoms with Crippen molar-refractivity contribution in [2.24, 2.45) is 5.73 Å². The summed E-state index contributed by atoms with van der Waals surface area (Å²) in [6, 6.07) is 7.92. The molecule has 0 bridgehead atoms. The minimum absolute atomic E-state index is 0.106. The average molecular weight is 343 g/mol. The van der Waals surface area contributed by atoms with E-state index in [0.29, 0.717) is 28.6 Å². The lowest BCUT2D eigenvalue weighted by atomic mass is 10.1. The van der Waals surface area contributed by atoms with Gasteiger partial charge in [0.05, 0.1) is 18.8 Å². The molecule has 0 unspecified atom stereocenters. The summed E-state index contributed by atoms with van der Waals surface area (Å²) in [6.07, 6.45) is -0.106. The number of nitrogens with two attached hydrogens (primary N) is 1. The predicted octanol–water partition coefficient (Wildman–Crippen LogP) is 2.54. The molecular formula is C18H21N3O4.